The summed E-state index contributed by atoms with van der Waals surface area (Å²) >= 11 is 0. The van der Waals surface area contributed by atoms with E-state index in [2.05, 4.69) is 21.5 Å². The van der Waals surface area contributed by atoms with Gasteiger partial charge in [-0.15, -0.1) is 12.3 Å². The molecular formula is C13H23N3O3. The van der Waals surface area contributed by atoms with E-state index in [1.165, 1.54) is 0 Å². The summed E-state index contributed by atoms with van der Waals surface area (Å²) in [4.78, 5) is 24.6. The zero-order chi connectivity index (χ0) is 14.8. The summed E-state index contributed by atoms with van der Waals surface area (Å²) in [6.45, 7) is 8.48. The van der Waals surface area contributed by atoms with Crippen LogP contribution in [0.3, 0.4) is 0 Å². The number of nitrogens with one attached hydrogen (secondary N) is 2. The molecule has 0 saturated heterocycles. The molecule has 0 aliphatic heterocycles. The Morgan fingerprint density at radius 2 is 1.89 bits per heavy atom. The summed E-state index contributed by atoms with van der Waals surface area (Å²) in [5.74, 6) is 1.09. The fourth-order valence-electron chi connectivity index (χ4n) is 1.66. The van der Waals surface area contributed by atoms with Crippen LogP contribution in [0.1, 0.15) is 27.2 Å². The van der Waals surface area contributed by atoms with Crippen LogP contribution < -0.4 is 10.6 Å². The Morgan fingerprint density at radius 1 is 1.32 bits per heavy atom. The summed E-state index contributed by atoms with van der Waals surface area (Å²) < 4.78 is 0. The van der Waals surface area contributed by atoms with Crippen molar-refractivity contribution in [2.24, 2.45) is 0 Å². The number of carboxylic acid groups (broad SMARTS) is 1. The van der Waals surface area contributed by atoms with E-state index >= 15 is 0 Å². The topological polar surface area (TPSA) is 81.7 Å². The summed E-state index contributed by atoms with van der Waals surface area (Å²) in [5.41, 5.74) is 0. The van der Waals surface area contributed by atoms with Gasteiger partial charge in [0.15, 0.2) is 0 Å². The van der Waals surface area contributed by atoms with Crippen molar-refractivity contribution in [1.82, 2.24) is 15.5 Å². The molecule has 0 saturated carbocycles. The van der Waals surface area contributed by atoms with Gasteiger partial charge >= 0.3 is 12.0 Å². The number of nitrogens with zero attached hydrogens (tertiary/aromatic N) is 1. The van der Waals surface area contributed by atoms with Crippen LogP contribution >= 0.6 is 0 Å². The van der Waals surface area contributed by atoms with E-state index in [1.807, 2.05) is 20.8 Å². The van der Waals surface area contributed by atoms with Gasteiger partial charge in [-0.3, -0.25) is 0 Å². The molecular weight excluding hydrogens is 246 g/mol. The zero-order valence-corrected chi connectivity index (χ0v) is 11.8. The quantitative estimate of drug-likeness (QED) is 0.560. The van der Waals surface area contributed by atoms with Gasteiger partial charge in [0.25, 0.3) is 0 Å². The van der Waals surface area contributed by atoms with Crippen LogP contribution in [0.5, 0.6) is 0 Å². The second-order valence-corrected chi connectivity index (χ2v) is 4.30. The highest BCUT2D eigenvalue weighted by Gasteiger charge is 2.19. The highest BCUT2D eigenvalue weighted by Crippen LogP contribution is 1.94. The minimum Gasteiger partial charge on any atom is -0.480 e. The van der Waals surface area contributed by atoms with Crippen LogP contribution in [0.4, 0.5) is 4.79 Å². The van der Waals surface area contributed by atoms with Crippen molar-refractivity contribution < 1.29 is 14.7 Å². The molecule has 0 aromatic rings. The molecule has 0 fully saturated rings. The molecule has 2 atom stereocenters. The van der Waals surface area contributed by atoms with Crippen LogP contribution in [0.2, 0.25) is 0 Å². The van der Waals surface area contributed by atoms with Crippen molar-refractivity contribution in [1.29, 1.82) is 0 Å². The van der Waals surface area contributed by atoms with Gasteiger partial charge in [-0.25, -0.2) is 9.59 Å². The van der Waals surface area contributed by atoms with E-state index in [0.29, 0.717) is 6.54 Å². The first-order valence-corrected chi connectivity index (χ1v) is 6.40. The number of carbonyl (C=O) groups excluding carboxylic acids is 1. The van der Waals surface area contributed by atoms with E-state index in [-0.39, 0.29) is 12.5 Å². The lowest BCUT2D eigenvalue weighted by molar-refractivity contribution is -0.139. The Hall–Kier alpha value is -1.74. The van der Waals surface area contributed by atoms with Gasteiger partial charge in [-0.1, -0.05) is 13.8 Å². The molecule has 19 heavy (non-hydrogen) atoms. The molecule has 0 aromatic heterocycles. The molecule has 0 bridgehead atoms. The Kier molecular flexibility index (Phi) is 8.38. The molecule has 0 heterocycles. The third-order valence-corrected chi connectivity index (χ3v) is 2.73. The van der Waals surface area contributed by atoms with Gasteiger partial charge in [-0.05, 0) is 20.0 Å². The molecule has 0 rings (SSSR count). The normalized spacial score (nSPS) is 13.4. The van der Waals surface area contributed by atoms with E-state index in [1.54, 1.807) is 0 Å². The van der Waals surface area contributed by atoms with Gasteiger partial charge < -0.3 is 20.6 Å². The third-order valence-electron chi connectivity index (χ3n) is 2.73. The molecule has 3 N–H and O–H groups in total. The average molecular weight is 269 g/mol. The maximum absolute atomic E-state index is 11.6. The highest BCUT2D eigenvalue weighted by molar-refractivity contribution is 5.82. The number of hydrogen-bond acceptors (Lipinski definition) is 3. The summed E-state index contributed by atoms with van der Waals surface area (Å²) in [6, 6.07) is -1.63. The molecule has 2 unspecified atom stereocenters. The van der Waals surface area contributed by atoms with E-state index in [0.717, 1.165) is 13.1 Å². The number of likely N-dealkylation sites (N-methyl/N-ethyl adjacent to an activating group) is 1. The fourth-order valence-corrected chi connectivity index (χ4v) is 1.66. The highest BCUT2D eigenvalue weighted by atomic mass is 16.4. The zero-order valence-electron chi connectivity index (χ0n) is 11.8. The van der Waals surface area contributed by atoms with Crippen molar-refractivity contribution in [3.05, 3.63) is 0 Å². The molecule has 2 amide bonds. The molecule has 6 heteroatoms. The first-order chi connectivity index (χ1) is 8.94. The molecule has 0 aromatic carbocycles. The second kappa shape index (κ2) is 9.22. The van der Waals surface area contributed by atoms with E-state index < -0.39 is 18.0 Å². The minimum absolute atomic E-state index is 0.0345. The lowest BCUT2D eigenvalue weighted by atomic mass is 10.2. The largest absolute Gasteiger partial charge is 0.480 e. The number of aliphatic carboxylic acids is 1. The number of rotatable bonds is 8. The second-order valence-electron chi connectivity index (χ2n) is 4.30. The summed E-state index contributed by atoms with van der Waals surface area (Å²) in [5, 5.41) is 13.9. The monoisotopic (exact) mass is 269 g/mol. The number of terminal acetylenes is 1. The van der Waals surface area contributed by atoms with Crippen LogP contribution in [0, 0.1) is 12.3 Å². The predicted molar refractivity (Wildman–Crippen MR) is 73.8 cm³/mol. The Balaban J connectivity index is 4.22. The van der Waals surface area contributed by atoms with E-state index in [9.17, 15) is 9.59 Å². The predicted octanol–water partition coefficient (Wildman–Crippen LogP) is 0.492. The number of amides is 2. The average Bonchev–Trinajstić information content (AvgIpc) is 2.35. The van der Waals surface area contributed by atoms with Crippen LogP contribution in [-0.2, 0) is 4.79 Å². The van der Waals surface area contributed by atoms with Gasteiger partial charge in [0.05, 0.1) is 0 Å². The molecule has 0 aliphatic carbocycles. The fraction of sp³-hybridized carbons (Fsp3) is 0.692. The first-order valence-electron chi connectivity index (χ1n) is 6.40. The van der Waals surface area contributed by atoms with Crippen molar-refractivity contribution in [2.45, 2.75) is 39.3 Å². The summed E-state index contributed by atoms with van der Waals surface area (Å²) in [6.07, 6.45) is 5.02. The van der Waals surface area contributed by atoms with Crippen molar-refractivity contribution in [3.8, 4) is 12.3 Å². The Morgan fingerprint density at radius 3 is 2.32 bits per heavy atom. The maximum Gasteiger partial charge on any atom is 0.327 e. The lowest BCUT2D eigenvalue weighted by Gasteiger charge is -2.24. The van der Waals surface area contributed by atoms with Crippen LogP contribution in [-0.4, -0.2) is 53.7 Å². The number of urea groups is 1. The SMILES string of the molecule is C#CCC(NC(=O)NC(C)CN(CC)CC)C(=O)O. The number of carboxylic acids is 1. The van der Waals surface area contributed by atoms with Crippen molar-refractivity contribution >= 4 is 12.0 Å². The van der Waals surface area contributed by atoms with Gasteiger partial charge in [0.2, 0.25) is 0 Å². The van der Waals surface area contributed by atoms with Crippen LogP contribution in [0.25, 0.3) is 0 Å². The lowest BCUT2D eigenvalue weighted by Crippen LogP contribution is -2.50. The molecule has 6 nitrogen and oxygen atoms in total. The molecule has 108 valence electrons. The van der Waals surface area contributed by atoms with E-state index in [4.69, 9.17) is 11.5 Å². The van der Waals surface area contributed by atoms with Crippen molar-refractivity contribution in [3.63, 3.8) is 0 Å². The smallest absolute Gasteiger partial charge is 0.327 e. The minimum atomic E-state index is -1.13. The molecule has 0 aliphatic rings. The Bertz CT molecular complexity index is 335. The van der Waals surface area contributed by atoms with Gasteiger partial charge in [0, 0.05) is 19.0 Å². The third kappa shape index (κ3) is 7.32. The van der Waals surface area contributed by atoms with Crippen molar-refractivity contribution in [2.75, 3.05) is 19.6 Å². The number of hydrogen-bond donors (Lipinski definition) is 3. The Labute approximate surface area is 114 Å². The van der Waals surface area contributed by atoms with Gasteiger partial charge in [-0.2, -0.15) is 0 Å². The maximum atomic E-state index is 11.6. The van der Waals surface area contributed by atoms with Crippen LogP contribution in [0.15, 0.2) is 0 Å². The molecule has 0 spiro atoms. The van der Waals surface area contributed by atoms with Gasteiger partial charge in [0.1, 0.15) is 6.04 Å². The number of carbonyl (C=O) groups is 2. The first kappa shape index (κ1) is 17.3. The standard InChI is InChI=1S/C13H23N3O3/c1-5-8-11(12(17)18)15-13(19)14-10(4)9-16(6-2)7-3/h1,10-11H,6-9H2,2-4H3,(H,17,18)(H2,14,15,19). The molecule has 0 radical (unpaired) electrons. The summed E-state index contributed by atoms with van der Waals surface area (Å²) in [7, 11) is 0.